The van der Waals surface area contributed by atoms with Crippen LogP contribution in [-0.2, 0) is 0 Å². The number of aliphatic imine (C=N–C) groups is 2. The number of benzene rings is 2. The maximum absolute atomic E-state index is 6.42. The minimum Gasteiger partial charge on any atom is -0.436 e. The van der Waals surface area contributed by atoms with E-state index in [-0.39, 0.29) is 5.96 Å². The minimum absolute atomic E-state index is 0.258. The summed E-state index contributed by atoms with van der Waals surface area (Å²) in [6.45, 7) is 4.12. The first-order valence-electron chi connectivity index (χ1n) is 10.4. The van der Waals surface area contributed by atoms with Crippen LogP contribution in [0.25, 0.3) is 22.6 Å². The fourth-order valence-corrected chi connectivity index (χ4v) is 4.72. The lowest BCUT2D eigenvalue weighted by Gasteiger charge is -2.46. The zero-order valence-corrected chi connectivity index (χ0v) is 17.4. The molecule has 1 aliphatic heterocycles. The molecule has 0 bridgehead atoms. The highest BCUT2D eigenvalue weighted by molar-refractivity contribution is 6.06. The van der Waals surface area contributed by atoms with Crippen LogP contribution in [0.1, 0.15) is 43.2 Å². The summed E-state index contributed by atoms with van der Waals surface area (Å²) in [4.78, 5) is 15.9. The minimum atomic E-state index is -0.476. The molecule has 2 aromatic carbocycles. The first kappa shape index (κ1) is 18.7. The Kier molecular flexibility index (Phi) is 4.27. The Balaban J connectivity index is 1.63. The maximum Gasteiger partial charge on any atom is 0.227 e. The van der Waals surface area contributed by atoms with Crippen molar-refractivity contribution in [3.05, 3.63) is 47.5 Å². The number of hydrogen-bond donors (Lipinski definition) is 2. The zero-order chi connectivity index (χ0) is 20.9. The van der Waals surface area contributed by atoms with E-state index in [4.69, 9.17) is 25.9 Å². The molecule has 7 nitrogen and oxygen atoms in total. The van der Waals surface area contributed by atoms with Crippen molar-refractivity contribution in [2.45, 2.75) is 51.6 Å². The summed E-state index contributed by atoms with van der Waals surface area (Å²) in [5.41, 5.74) is 17.7. The molecule has 5 rings (SSSR count). The van der Waals surface area contributed by atoms with Crippen molar-refractivity contribution in [3.8, 4) is 11.5 Å². The summed E-state index contributed by atoms with van der Waals surface area (Å²) in [6.07, 6.45) is 5.17. The Morgan fingerprint density at radius 3 is 2.63 bits per heavy atom. The van der Waals surface area contributed by atoms with Crippen molar-refractivity contribution in [2.75, 3.05) is 4.90 Å². The summed E-state index contributed by atoms with van der Waals surface area (Å²) in [6, 6.07) is 12.1. The third-order valence-electron chi connectivity index (χ3n) is 6.17. The molecule has 4 N–H and O–H groups in total. The van der Waals surface area contributed by atoms with E-state index in [2.05, 4.69) is 22.9 Å². The molecule has 2 aliphatic rings. The van der Waals surface area contributed by atoms with Crippen LogP contribution < -0.4 is 16.4 Å². The second-order valence-electron chi connectivity index (χ2n) is 8.26. The molecular weight excluding hydrogens is 376 g/mol. The van der Waals surface area contributed by atoms with E-state index in [1.54, 1.807) is 0 Å². The van der Waals surface area contributed by atoms with Gasteiger partial charge in [0.05, 0.1) is 0 Å². The highest BCUT2D eigenvalue weighted by Gasteiger charge is 2.43. The van der Waals surface area contributed by atoms with Gasteiger partial charge in [0.1, 0.15) is 11.2 Å². The topological polar surface area (TPSA) is 106 Å². The van der Waals surface area contributed by atoms with Crippen LogP contribution in [0, 0.1) is 13.8 Å². The van der Waals surface area contributed by atoms with Gasteiger partial charge in [0.2, 0.25) is 17.8 Å². The van der Waals surface area contributed by atoms with Gasteiger partial charge in [0.25, 0.3) is 0 Å². The molecule has 1 saturated carbocycles. The SMILES string of the molecule is Cc1ccc2oc(-c3cccc(N4C(N)=NC(N)=NC45CCCCC5)c3C)nc2c1. The molecule has 0 atom stereocenters. The Hall–Kier alpha value is -3.35. The number of nitrogens with zero attached hydrogens (tertiary/aromatic N) is 4. The lowest BCUT2D eigenvalue weighted by molar-refractivity contribution is 0.305. The summed E-state index contributed by atoms with van der Waals surface area (Å²) in [5.74, 6) is 1.25. The van der Waals surface area contributed by atoms with E-state index in [0.717, 1.165) is 59.2 Å². The molecule has 30 heavy (non-hydrogen) atoms. The quantitative estimate of drug-likeness (QED) is 0.667. The second kappa shape index (κ2) is 6.86. The van der Waals surface area contributed by atoms with Gasteiger partial charge in [-0.1, -0.05) is 18.6 Å². The van der Waals surface area contributed by atoms with Gasteiger partial charge in [0.15, 0.2) is 5.58 Å². The maximum atomic E-state index is 6.42. The highest BCUT2D eigenvalue weighted by Crippen LogP contribution is 2.42. The Bertz CT molecular complexity index is 1190. The van der Waals surface area contributed by atoms with Crippen LogP contribution in [0.15, 0.2) is 50.8 Å². The molecule has 1 aliphatic carbocycles. The molecule has 0 unspecified atom stereocenters. The van der Waals surface area contributed by atoms with Crippen LogP contribution in [0.3, 0.4) is 0 Å². The molecule has 0 radical (unpaired) electrons. The van der Waals surface area contributed by atoms with Crippen molar-refractivity contribution in [1.29, 1.82) is 0 Å². The first-order chi connectivity index (χ1) is 14.5. The predicted octanol–water partition coefficient (Wildman–Crippen LogP) is 4.22. The Morgan fingerprint density at radius 2 is 1.83 bits per heavy atom. The lowest BCUT2D eigenvalue weighted by Crippen LogP contribution is -2.58. The lowest BCUT2D eigenvalue weighted by atomic mass is 9.86. The Morgan fingerprint density at radius 1 is 1.03 bits per heavy atom. The summed E-state index contributed by atoms with van der Waals surface area (Å²) in [7, 11) is 0. The van der Waals surface area contributed by atoms with Crippen molar-refractivity contribution < 1.29 is 4.42 Å². The van der Waals surface area contributed by atoms with Gasteiger partial charge in [0, 0.05) is 11.3 Å². The summed E-state index contributed by atoms with van der Waals surface area (Å²) < 4.78 is 6.07. The van der Waals surface area contributed by atoms with Crippen LogP contribution in [0.4, 0.5) is 5.69 Å². The van der Waals surface area contributed by atoms with E-state index in [1.807, 2.05) is 37.3 Å². The van der Waals surface area contributed by atoms with Gasteiger partial charge in [-0.05, 0) is 74.9 Å². The second-order valence-corrected chi connectivity index (χ2v) is 8.26. The van der Waals surface area contributed by atoms with Gasteiger partial charge >= 0.3 is 0 Å². The third kappa shape index (κ3) is 2.93. The number of anilines is 1. The van der Waals surface area contributed by atoms with Gasteiger partial charge < -0.3 is 15.9 Å². The van der Waals surface area contributed by atoms with Crippen molar-refractivity contribution in [3.63, 3.8) is 0 Å². The molecule has 1 aromatic heterocycles. The fourth-order valence-electron chi connectivity index (χ4n) is 4.72. The van der Waals surface area contributed by atoms with E-state index in [9.17, 15) is 0 Å². The predicted molar refractivity (Wildman–Crippen MR) is 120 cm³/mol. The fraction of sp³-hybridized carbons (Fsp3) is 0.348. The number of guanidine groups is 2. The van der Waals surface area contributed by atoms with Crippen molar-refractivity contribution in [2.24, 2.45) is 21.5 Å². The highest BCUT2D eigenvalue weighted by atomic mass is 16.3. The van der Waals surface area contributed by atoms with Crippen LogP contribution in [-0.4, -0.2) is 22.6 Å². The summed E-state index contributed by atoms with van der Waals surface area (Å²) in [5, 5.41) is 0. The standard InChI is InChI=1S/C23H26N6O/c1-14-9-10-19-17(13-14)26-20(30-19)16-7-6-8-18(15(16)2)29-22(25)27-21(24)28-23(29)11-4-3-5-12-23/h6-10,13H,3-5,11-12H2,1-2H3,(H4,24,25,27,28). The number of rotatable bonds is 2. The number of aryl methyl sites for hydroxylation is 1. The van der Waals surface area contributed by atoms with Crippen molar-refractivity contribution in [1.82, 2.24) is 4.98 Å². The Labute approximate surface area is 175 Å². The molecular formula is C23H26N6O. The van der Waals surface area contributed by atoms with E-state index < -0.39 is 5.66 Å². The third-order valence-corrected chi connectivity index (χ3v) is 6.17. The summed E-state index contributed by atoms with van der Waals surface area (Å²) >= 11 is 0. The van der Waals surface area contributed by atoms with Gasteiger partial charge in [-0.15, -0.1) is 0 Å². The van der Waals surface area contributed by atoms with Gasteiger partial charge in [-0.3, -0.25) is 4.90 Å². The smallest absolute Gasteiger partial charge is 0.227 e. The number of aromatic nitrogens is 1. The average molecular weight is 403 g/mol. The van der Waals surface area contributed by atoms with E-state index >= 15 is 0 Å². The van der Waals surface area contributed by atoms with Gasteiger partial charge in [-0.25, -0.2) is 9.98 Å². The van der Waals surface area contributed by atoms with Crippen LogP contribution in [0.2, 0.25) is 0 Å². The van der Waals surface area contributed by atoms with Crippen LogP contribution in [0.5, 0.6) is 0 Å². The molecule has 2 heterocycles. The normalized spacial score (nSPS) is 18.5. The van der Waals surface area contributed by atoms with Crippen LogP contribution >= 0.6 is 0 Å². The number of hydrogen-bond acceptors (Lipinski definition) is 7. The van der Waals surface area contributed by atoms with E-state index in [0.29, 0.717) is 11.9 Å². The number of nitrogens with two attached hydrogens (primary N) is 2. The van der Waals surface area contributed by atoms with E-state index in [1.165, 1.54) is 6.42 Å². The van der Waals surface area contributed by atoms with Gasteiger partial charge in [-0.2, -0.15) is 4.99 Å². The van der Waals surface area contributed by atoms with Crippen molar-refractivity contribution >= 4 is 28.7 Å². The average Bonchev–Trinajstić information content (AvgIpc) is 3.12. The molecule has 7 heteroatoms. The largest absolute Gasteiger partial charge is 0.436 e. The monoisotopic (exact) mass is 402 g/mol. The molecule has 0 amide bonds. The first-order valence-corrected chi connectivity index (χ1v) is 10.4. The zero-order valence-electron chi connectivity index (χ0n) is 17.4. The molecule has 0 saturated heterocycles. The number of oxazole rings is 1. The number of fused-ring (bicyclic) bond motifs is 1. The molecule has 154 valence electrons. The molecule has 1 fully saturated rings. The molecule has 1 spiro atoms. The molecule has 3 aromatic rings.